The highest BCUT2D eigenvalue weighted by atomic mass is 19.4. The Labute approximate surface area is 129 Å². The first-order valence-electron chi connectivity index (χ1n) is 6.80. The van der Waals surface area contributed by atoms with Crippen molar-refractivity contribution in [2.75, 3.05) is 18.9 Å². The van der Waals surface area contributed by atoms with Crippen LogP contribution >= 0.6 is 0 Å². The highest BCUT2D eigenvalue weighted by Gasteiger charge is 2.44. The molecule has 7 heteroatoms. The van der Waals surface area contributed by atoms with E-state index in [4.69, 9.17) is 15.2 Å². The Morgan fingerprint density at radius 2 is 1.70 bits per heavy atom. The van der Waals surface area contributed by atoms with Crippen LogP contribution in [0.5, 0.6) is 5.75 Å². The molecule has 2 aromatic carbocycles. The number of hydrogen-bond acceptors (Lipinski definition) is 3. The Hall–Kier alpha value is -2.28. The van der Waals surface area contributed by atoms with E-state index in [2.05, 4.69) is 0 Å². The van der Waals surface area contributed by atoms with Crippen LogP contribution in [-0.4, -0.2) is 13.2 Å². The third-order valence-electron chi connectivity index (χ3n) is 3.66. The van der Waals surface area contributed by atoms with Gasteiger partial charge in [0.25, 0.3) is 0 Å². The second-order valence-corrected chi connectivity index (χ2v) is 5.35. The highest BCUT2D eigenvalue weighted by Crippen LogP contribution is 2.38. The van der Waals surface area contributed by atoms with Gasteiger partial charge in [-0.05, 0) is 36.4 Å². The number of anilines is 1. The van der Waals surface area contributed by atoms with Gasteiger partial charge in [-0.1, -0.05) is 6.07 Å². The zero-order valence-corrected chi connectivity index (χ0v) is 11.9. The third-order valence-corrected chi connectivity index (χ3v) is 3.66. The second-order valence-electron chi connectivity index (χ2n) is 5.35. The molecule has 0 radical (unpaired) electrons. The molecule has 23 heavy (non-hydrogen) atoms. The van der Waals surface area contributed by atoms with Crippen LogP contribution in [0.25, 0.3) is 0 Å². The Balaban J connectivity index is 1.91. The van der Waals surface area contributed by atoms with Gasteiger partial charge in [-0.2, -0.15) is 13.2 Å². The maximum atomic E-state index is 13.8. The molecule has 0 bridgehead atoms. The van der Waals surface area contributed by atoms with Crippen molar-refractivity contribution in [3.05, 3.63) is 59.4 Å². The van der Waals surface area contributed by atoms with Crippen molar-refractivity contribution in [3.63, 3.8) is 0 Å². The molecule has 0 spiro atoms. The first-order valence-corrected chi connectivity index (χ1v) is 6.80. The lowest BCUT2D eigenvalue weighted by Gasteiger charge is -2.41. The third kappa shape index (κ3) is 2.96. The quantitative estimate of drug-likeness (QED) is 0.690. The Morgan fingerprint density at radius 3 is 2.17 bits per heavy atom. The van der Waals surface area contributed by atoms with E-state index in [-0.39, 0.29) is 13.2 Å². The molecule has 0 unspecified atom stereocenters. The van der Waals surface area contributed by atoms with Gasteiger partial charge in [0.15, 0.2) is 5.60 Å². The summed E-state index contributed by atoms with van der Waals surface area (Å²) in [5, 5.41) is 0. The zero-order chi connectivity index (χ0) is 16.7. The maximum Gasteiger partial charge on any atom is 0.419 e. The van der Waals surface area contributed by atoms with E-state index in [9.17, 15) is 17.6 Å². The largest absolute Gasteiger partial charge is 0.478 e. The zero-order valence-electron chi connectivity index (χ0n) is 11.9. The van der Waals surface area contributed by atoms with Gasteiger partial charge in [-0.3, -0.25) is 0 Å². The fraction of sp³-hybridized carbons (Fsp3) is 0.250. The van der Waals surface area contributed by atoms with Gasteiger partial charge in [0.1, 0.15) is 11.6 Å². The molecule has 0 aliphatic carbocycles. The van der Waals surface area contributed by atoms with E-state index >= 15 is 0 Å². The number of benzene rings is 2. The molecule has 122 valence electrons. The summed E-state index contributed by atoms with van der Waals surface area (Å²) in [7, 11) is 0. The molecule has 1 fully saturated rings. The first kappa shape index (κ1) is 15.6. The van der Waals surface area contributed by atoms with Gasteiger partial charge < -0.3 is 15.2 Å². The number of nitrogens with two attached hydrogens (primary N) is 1. The summed E-state index contributed by atoms with van der Waals surface area (Å²) in [6.45, 7) is 0.254. The predicted molar refractivity (Wildman–Crippen MR) is 75.4 cm³/mol. The van der Waals surface area contributed by atoms with Crippen molar-refractivity contribution < 1.29 is 27.0 Å². The van der Waals surface area contributed by atoms with E-state index in [0.717, 1.165) is 12.1 Å². The van der Waals surface area contributed by atoms with Crippen LogP contribution in [-0.2, 0) is 16.5 Å². The van der Waals surface area contributed by atoms with Crippen molar-refractivity contribution in [2.45, 2.75) is 11.8 Å². The fourth-order valence-electron chi connectivity index (χ4n) is 2.36. The smallest absolute Gasteiger partial charge is 0.419 e. The summed E-state index contributed by atoms with van der Waals surface area (Å²) in [6, 6.07) is 9.32. The molecular weight excluding hydrogens is 314 g/mol. The van der Waals surface area contributed by atoms with E-state index in [1.54, 1.807) is 24.3 Å². The van der Waals surface area contributed by atoms with E-state index < -0.39 is 23.2 Å². The second kappa shape index (κ2) is 5.42. The minimum atomic E-state index is -4.73. The average Bonchev–Trinajstić information content (AvgIpc) is 2.43. The molecule has 0 saturated carbocycles. The lowest BCUT2D eigenvalue weighted by molar-refractivity contribution is -0.168. The molecule has 3 rings (SSSR count). The lowest BCUT2D eigenvalue weighted by Crippen LogP contribution is -2.51. The number of hydrogen-bond donors (Lipinski definition) is 1. The summed E-state index contributed by atoms with van der Waals surface area (Å²) >= 11 is 0. The van der Waals surface area contributed by atoms with Crippen LogP contribution in [0.15, 0.2) is 42.5 Å². The number of alkyl halides is 3. The van der Waals surface area contributed by atoms with Crippen molar-refractivity contribution in [2.24, 2.45) is 0 Å². The van der Waals surface area contributed by atoms with E-state index in [1.807, 2.05) is 0 Å². The van der Waals surface area contributed by atoms with E-state index in [1.165, 1.54) is 6.07 Å². The van der Waals surface area contributed by atoms with Gasteiger partial charge in [-0.15, -0.1) is 0 Å². The van der Waals surface area contributed by atoms with Gasteiger partial charge in [0.05, 0.1) is 18.8 Å². The standard InChI is InChI=1S/C16H13F4NO2/c17-14-7-10(1-6-13(14)16(18,19)20)15(8-22-9-15)23-12-4-2-11(21)3-5-12/h1-7H,8-9,21H2. The Bertz CT molecular complexity index is 709. The van der Waals surface area contributed by atoms with Crippen molar-refractivity contribution in [3.8, 4) is 5.75 Å². The Kier molecular flexibility index (Phi) is 3.68. The number of halogens is 4. The van der Waals surface area contributed by atoms with Gasteiger partial charge in [0.2, 0.25) is 0 Å². The fourth-order valence-corrected chi connectivity index (χ4v) is 2.36. The molecular formula is C16H13F4NO2. The van der Waals surface area contributed by atoms with Crippen LogP contribution in [0.2, 0.25) is 0 Å². The first-order chi connectivity index (χ1) is 10.8. The van der Waals surface area contributed by atoms with Crippen LogP contribution in [0.3, 0.4) is 0 Å². The van der Waals surface area contributed by atoms with Crippen molar-refractivity contribution in [1.29, 1.82) is 0 Å². The number of rotatable bonds is 3. The molecule has 0 aromatic heterocycles. The molecule has 0 amide bonds. The predicted octanol–water partition coefficient (Wildman–Crippen LogP) is 3.73. The van der Waals surface area contributed by atoms with Gasteiger partial charge in [0, 0.05) is 11.3 Å². The number of nitrogen functional groups attached to an aromatic ring is 1. The van der Waals surface area contributed by atoms with Crippen LogP contribution in [0.4, 0.5) is 23.2 Å². The topological polar surface area (TPSA) is 44.5 Å². The summed E-state index contributed by atoms with van der Waals surface area (Å²) < 4.78 is 62.7. The molecule has 2 aromatic rings. The minimum Gasteiger partial charge on any atom is -0.478 e. The average molecular weight is 327 g/mol. The van der Waals surface area contributed by atoms with E-state index in [0.29, 0.717) is 17.0 Å². The summed E-state index contributed by atoms with van der Waals surface area (Å²) in [5.74, 6) is -0.856. The van der Waals surface area contributed by atoms with Crippen molar-refractivity contribution in [1.82, 2.24) is 0 Å². The molecule has 1 aliphatic rings. The van der Waals surface area contributed by atoms with Crippen LogP contribution in [0, 0.1) is 5.82 Å². The van der Waals surface area contributed by atoms with Gasteiger partial charge >= 0.3 is 6.18 Å². The number of ether oxygens (including phenoxy) is 2. The SMILES string of the molecule is Nc1ccc(OC2(c3ccc(C(F)(F)F)c(F)c3)COC2)cc1. The van der Waals surface area contributed by atoms with Crippen molar-refractivity contribution >= 4 is 5.69 Å². The highest BCUT2D eigenvalue weighted by molar-refractivity contribution is 5.42. The molecule has 1 saturated heterocycles. The molecule has 1 heterocycles. The maximum absolute atomic E-state index is 13.8. The summed E-state index contributed by atoms with van der Waals surface area (Å²) in [6.07, 6.45) is -4.73. The summed E-state index contributed by atoms with van der Waals surface area (Å²) in [4.78, 5) is 0. The Morgan fingerprint density at radius 1 is 1.04 bits per heavy atom. The monoisotopic (exact) mass is 327 g/mol. The lowest BCUT2D eigenvalue weighted by atomic mass is 9.90. The normalized spacial score (nSPS) is 16.7. The van der Waals surface area contributed by atoms with Gasteiger partial charge in [-0.25, -0.2) is 4.39 Å². The van der Waals surface area contributed by atoms with Crippen LogP contribution in [0.1, 0.15) is 11.1 Å². The summed E-state index contributed by atoms with van der Waals surface area (Å²) in [5.41, 5.74) is 4.14. The molecule has 1 aliphatic heterocycles. The molecule has 2 N–H and O–H groups in total. The molecule has 0 atom stereocenters. The minimum absolute atomic E-state index is 0.127. The molecule has 3 nitrogen and oxygen atoms in total. The van der Waals surface area contributed by atoms with Crippen LogP contribution < -0.4 is 10.5 Å².